The summed E-state index contributed by atoms with van der Waals surface area (Å²) in [5, 5.41) is 12.3. The van der Waals surface area contributed by atoms with Crippen LogP contribution in [-0.4, -0.2) is 29.8 Å². The molecule has 0 aliphatic carbocycles. The van der Waals surface area contributed by atoms with Gasteiger partial charge in [0.15, 0.2) is 5.84 Å². The van der Waals surface area contributed by atoms with E-state index in [1.165, 1.54) is 145 Å². The first kappa shape index (κ1) is 54.1. The highest BCUT2D eigenvalue weighted by Crippen LogP contribution is 2.76. The van der Waals surface area contributed by atoms with Crippen molar-refractivity contribution in [3.63, 3.8) is 0 Å². The molecule has 8 heteroatoms. The van der Waals surface area contributed by atoms with E-state index in [0.717, 1.165) is 41.7 Å². The lowest BCUT2D eigenvalue weighted by Crippen LogP contribution is -2.20. The average Bonchev–Trinajstić information content (AvgIpc) is 4.16. The first-order valence-corrected chi connectivity index (χ1v) is 31.6. The van der Waals surface area contributed by atoms with Gasteiger partial charge in [-0.15, -0.1) is 50.4 Å². The third-order valence-corrected chi connectivity index (χ3v) is 24.9. The molecule has 0 fully saturated rings. The minimum Gasteiger partial charge on any atom is -0.242 e. The summed E-state index contributed by atoms with van der Waals surface area (Å²) in [7, 11) is -1.17. The van der Waals surface area contributed by atoms with E-state index in [4.69, 9.17) is 10.2 Å². The predicted molar refractivity (Wildman–Crippen MR) is 301 cm³/mol. The van der Waals surface area contributed by atoms with Crippen LogP contribution in [0.5, 0.6) is 0 Å². The first-order valence-electron chi connectivity index (χ1n) is 26.3. The van der Waals surface area contributed by atoms with E-state index in [1.807, 2.05) is 34.0 Å². The summed E-state index contributed by atoms with van der Waals surface area (Å²) in [6.07, 6.45) is 24.0. The van der Waals surface area contributed by atoms with Crippen LogP contribution in [0.3, 0.4) is 0 Å². The summed E-state index contributed by atoms with van der Waals surface area (Å²) >= 11 is 7.95. The standard InChI is InChI=1S/C57H89N3S5/c1-14-23-27-41(18-5)33-45-35-47(40(10)59-60-56(58-13)49-36-46(34-42(19-6)28-24-15-2)55(64-49)57(11,12)22-9)62-52(45)48-37-51-54(63-48)53-50(31-32-61-53)65(51,38-43(20-7)29-25-16-3)39-44(21-8)30-26-17-4/h31-32,35-37,41-44H,13-30,33-34,38-39H2,1-12H3/b59-40+,60-56-. The fourth-order valence-electron chi connectivity index (χ4n) is 10.1. The fraction of sp³-hybridized carbons (Fsp3) is 0.667. The van der Waals surface area contributed by atoms with Gasteiger partial charge in [0, 0.05) is 24.4 Å². The van der Waals surface area contributed by atoms with Gasteiger partial charge in [-0.2, -0.15) is 15.1 Å². The molecule has 1 aliphatic rings. The number of hydrogen-bond donors (Lipinski definition) is 0. The van der Waals surface area contributed by atoms with Gasteiger partial charge in [0.25, 0.3) is 0 Å². The summed E-state index contributed by atoms with van der Waals surface area (Å²) < 4.78 is 0. The Hall–Kier alpha value is -1.84. The lowest BCUT2D eigenvalue weighted by atomic mass is 9.83. The molecule has 0 N–H and O–H groups in total. The number of unbranched alkanes of at least 4 members (excludes halogenated alkanes) is 4. The molecule has 5 heterocycles. The van der Waals surface area contributed by atoms with E-state index < -0.39 is 10.0 Å². The van der Waals surface area contributed by atoms with Gasteiger partial charge in [0.1, 0.15) is 0 Å². The second-order valence-corrected chi connectivity index (χ2v) is 27.5. The van der Waals surface area contributed by atoms with E-state index in [1.54, 1.807) is 19.5 Å². The van der Waals surface area contributed by atoms with Crippen LogP contribution in [0.4, 0.5) is 0 Å². The van der Waals surface area contributed by atoms with Gasteiger partial charge < -0.3 is 0 Å². The van der Waals surface area contributed by atoms with Crippen molar-refractivity contribution in [2.45, 2.75) is 220 Å². The van der Waals surface area contributed by atoms with Crippen LogP contribution < -0.4 is 0 Å². The molecule has 4 aromatic rings. The molecule has 5 rings (SSSR count). The normalized spacial score (nSPS) is 18.3. The lowest BCUT2D eigenvalue weighted by molar-refractivity contribution is 0.441. The Balaban J connectivity index is 1.61. The quantitative estimate of drug-likeness (QED) is 0.0284. The summed E-state index contributed by atoms with van der Waals surface area (Å²) in [6, 6.07) is 10.2. The molecule has 0 amide bonds. The lowest BCUT2D eigenvalue weighted by Gasteiger charge is -2.42. The molecule has 0 bridgehead atoms. The van der Waals surface area contributed by atoms with Crippen molar-refractivity contribution in [3.05, 3.63) is 55.4 Å². The number of nitrogens with zero attached hydrogens (tertiary/aromatic N) is 3. The SMILES string of the molecule is C=N/C(=N\N=C(/C)c1cc(CC(CC)CCCC)c(-c2cc3c(s2)-c2sccc2S3(CC(CC)CCCC)CC(CC)CCCC)s1)c1cc(CC(CC)CCCC)c(C(C)(C)CC)s1. The molecule has 3 nitrogen and oxygen atoms in total. The maximum atomic E-state index is 5.00. The van der Waals surface area contributed by atoms with Crippen molar-refractivity contribution >= 4 is 73.6 Å². The summed E-state index contributed by atoms with van der Waals surface area (Å²) in [5.74, 6) is 6.31. The van der Waals surface area contributed by atoms with Crippen molar-refractivity contribution in [1.82, 2.24) is 0 Å². The first-order chi connectivity index (χ1) is 31.4. The number of hydrogen-bond acceptors (Lipinski definition) is 6. The predicted octanol–water partition coefficient (Wildman–Crippen LogP) is 20.3. The van der Waals surface area contributed by atoms with Gasteiger partial charge in [0.2, 0.25) is 0 Å². The van der Waals surface area contributed by atoms with Crippen LogP contribution in [0, 0.1) is 23.7 Å². The minimum absolute atomic E-state index is 0.0950. The molecule has 4 atom stereocenters. The van der Waals surface area contributed by atoms with E-state index in [9.17, 15) is 0 Å². The highest BCUT2D eigenvalue weighted by molar-refractivity contribution is 8.34. The van der Waals surface area contributed by atoms with Gasteiger partial charge in [-0.3, -0.25) is 0 Å². The van der Waals surface area contributed by atoms with Gasteiger partial charge >= 0.3 is 0 Å². The Morgan fingerprint density at radius 3 is 1.68 bits per heavy atom. The van der Waals surface area contributed by atoms with Gasteiger partial charge in [-0.25, -0.2) is 4.99 Å². The molecular formula is C57H89N3S5. The number of rotatable bonds is 30. The molecule has 4 unspecified atom stereocenters. The minimum atomic E-state index is -1.17. The largest absolute Gasteiger partial charge is 0.242 e. The topological polar surface area (TPSA) is 37.1 Å². The Morgan fingerprint density at radius 1 is 0.615 bits per heavy atom. The van der Waals surface area contributed by atoms with Crippen LogP contribution >= 0.6 is 55.4 Å². The zero-order valence-corrected chi connectivity index (χ0v) is 47.2. The Labute approximate surface area is 416 Å². The molecule has 65 heavy (non-hydrogen) atoms. The Kier molecular flexibility index (Phi) is 21.8. The van der Waals surface area contributed by atoms with Gasteiger partial charge in [-0.05, 0) is 127 Å². The second kappa shape index (κ2) is 26.2. The number of thiophene rings is 4. The van der Waals surface area contributed by atoms with E-state index in [2.05, 4.69) is 136 Å². The maximum absolute atomic E-state index is 5.00. The average molecular weight is 977 g/mol. The van der Waals surface area contributed by atoms with Crippen LogP contribution in [0.1, 0.15) is 218 Å². The van der Waals surface area contributed by atoms with E-state index in [-0.39, 0.29) is 5.41 Å². The summed E-state index contributed by atoms with van der Waals surface area (Å²) in [4.78, 5) is 18.0. The monoisotopic (exact) mass is 976 g/mol. The van der Waals surface area contributed by atoms with Crippen molar-refractivity contribution in [2.75, 3.05) is 11.5 Å². The summed E-state index contributed by atoms with van der Waals surface area (Å²) in [6.45, 7) is 32.4. The molecule has 362 valence electrons. The molecule has 0 aromatic carbocycles. The molecule has 1 aliphatic heterocycles. The molecular weight excluding hydrogens is 887 g/mol. The molecule has 0 spiro atoms. The van der Waals surface area contributed by atoms with Gasteiger partial charge in [-0.1, -0.05) is 166 Å². The highest BCUT2D eigenvalue weighted by Gasteiger charge is 2.44. The number of amidine groups is 1. The Bertz CT molecular complexity index is 2100. The third kappa shape index (κ3) is 13.3. The maximum Gasteiger partial charge on any atom is 0.191 e. The van der Waals surface area contributed by atoms with Crippen LogP contribution in [-0.2, 0) is 18.3 Å². The Morgan fingerprint density at radius 2 is 1.15 bits per heavy atom. The van der Waals surface area contributed by atoms with E-state index in [0.29, 0.717) is 17.7 Å². The summed E-state index contributed by atoms with van der Waals surface area (Å²) in [5.41, 5.74) is 4.04. The fourth-order valence-corrected chi connectivity index (χ4v) is 21.3. The van der Waals surface area contributed by atoms with Crippen molar-refractivity contribution in [1.29, 1.82) is 0 Å². The second-order valence-electron chi connectivity index (χ2n) is 20.1. The number of aliphatic imine (C=N–C) groups is 1. The van der Waals surface area contributed by atoms with Crippen molar-refractivity contribution < 1.29 is 0 Å². The molecule has 0 saturated heterocycles. The van der Waals surface area contributed by atoms with Crippen LogP contribution in [0.2, 0.25) is 0 Å². The molecule has 0 saturated carbocycles. The third-order valence-electron chi connectivity index (χ3n) is 15.0. The molecule has 0 radical (unpaired) electrons. The smallest absolute Gasteiger partial charge is 0.191 e. The van der Waals surface area contributed by atoms with Gasteiger partial charge in [0.05, 0.1) is 25.2 Å². The van der Waals surface area contributed by atoms with Crippen LogP contribution in [0.25, 0.3) is 19.5 Å². The highest BCUT2D eigenvalue weighted by atomic mass is 32.3. The van der Waals surface area contributed by atoms with Crippen molar-refractivity contribution in [2.24, 2.45) is 38.9 Å². The van der Waals surface area contributed by atoms with Crippen LogP contribution in [0.15, 0.2) is 54.6 Å². The molecule has 4 aromatic heterocycles. The van der Waals surface area contributed by atoms with Crippen molar-refractivity contribution in [3.8, 4) is 19.5 Å². The zero-order valence-electron chi connectivity index (χ0n) is 43.1. The number of fused-ring (bicyclic) bond motifs is 3. The zero-order chi connectivity index (χ0) is 47.1. The van der Waals surface area contributed by atoms with E-state index >= 15 is 0 Å².